The van der Waals surface area contributed by atoms with E-state index in [1.165, 1.54) is 6.92 Å². The third kappa shape index (κ3) is 1.76. The summed E-state index contributed by atoms with van der Waals surface area (Å²) in [7, 11) is 0. The molecular weight excluding hydrogens is 370 g/mol. The number of fused-ring (bicyclic) bond motifs is 2. The molecular formula is C19H25NO8. The van der Waals surface area contributed by atoms with Gasteiger partial charge in [-0.15, -0.1) is 0 Å². The number of amides is 1. The highest BCUT2D eigenvalue weighted by molar-refractivity contribution is 6.36. The van der Waals surface area contributed by atoms with E-state index in [0.717, 1.165) is 0 Å². The van der Waals surface area contributed by atoms with Crippen LogP contribution in [0, 0.1) is 28.6 Å². The van der Waals surface area contributed by atoms with E-state index in [2.05, 4.69) is 0 Å². The van der Waals surface area contributed by atoms with Crippen molar-refractivity contribution in [1.29, 1.82) is 0 Å². The van der Waals surface area contributed by atoms with Gasteiger partial charge >= 0.3 is 11.9 Å². The van der Waals surface area contributed by atoms with Crippen LogP contribution in [0.3, 0.4) is 0 Å². The normalized spacial score (nSPS) is 49.3. The van der Waals surface area contributed by atoms with Crippen LogP contribution in [-0.2, 0) is 28.7 Å². The molecule has 4 rings (SSSR count). The van der Waals surface area contributed by atoms with E-state index < -0.39 is 75.6 Å². The maximum Gasteiger partial charge on any atom is 0.342 e. The minimum atomic E-state index is -2.56. The Morgan fingerprint density at radius 1 is 1.14 bits per heavy atom. The molecule has 4 fully saturated rings. The smallest absolute Gasteiger partial charge is 0.342 e. The van der Waals surface area contributed by atoms with Gasteiger partial charge in [0, 0.05) is 12.3 Å². The van der Waals surface area contributed by atoms with Gasteiger partial charge in [0.05, 0.1) is 11.3 Å². The molecule has 8 atom stereocenters. The summed E-state index contributed by atoms with van der Waals surface area (Å²) in [5.74, 6) is -6.71. The summed E-state index contributed by atoms with van der Waals surface area (Å²) in [5.41, 5.74) is -1.57. The summed E-state index contributed by atoms with van der Waals surface area (Å²) >= 11 is 0. The van der Waals surface area contributed by atoms with Gasteiger partial charge in [0.15, 0.2) is 5.60 Å². The van der Waals surface area contributed by atoms with Crippen molar-refractivity contribution in [1.82, 2.24) is 0 Å². The van der Waals surface area contributed by atoms with Crippen molar-refractivity contribution in [2.24, 2.45) is 34.3 Å². The number of ether oxygens (including phenoxy) is 2. The molecule has 0 aromatic heterocycles. The highest BCUT2D eigenvalue weighted by Gasteiger charge is 2.90. The molecule has 2 heterocycles. The van der Waals surface area contributed by atoms with Crippen molar-refractivity contribution in [3.8, 4) is 0 Å². The second-order valence-corrected chi connectivity index (χ2v) is 9.74. The van der Waals surface area contributed by atoms with Crippen LogP contribution < -0.4 is 5.73 Å². The molecule has 2 aliphatic heterocycles. The van der Waals surface area contributed by atoms with E-state index in [1.807, 2.05) is 20.8 Å². The van der Waals surface area contributed by atoms with Gasteiger partial charge in [-0.3, -0.25) is 14.4 Å². The van der Waals surface area contributed by atoms with E-state index in [1.54, 1.807) is 0 Å². The number of primary amides is 1. The molecule has 1 amide bonds. The topological polar surface area (TPSA) is 153 Å². The molecule has 2 saturated heterocycles. The highest BCUT2D eigenvalue weighted by Crippen LogP contribution is 2.73. The van der Waals surface area contributed by atoms with Gasteiger partial charge in [-0.05, 0) is 24.7 Å². The Balaban J connectivity index is 1.97. The molecule has 2 aliphatic carbocycles. The standard InChI is InChI=1S/C19H25NO8/c1-7-14(23)27-10-6-17-9(28-15(24)19(17,26)18(7,10)25)5-8(16(2,3)4)11(17)12(21)13(20)22/h7-11,25-26H,5-6H2,1-4H3,(H2,20,22)/t7-,8-,9-,10+,11-,17-,18-,19-/m1/s1. The van der Waals surface area contributed by atoms with E-state index in [-0.39, 0.29) is 12.8 Å². The lowest BCUT2D eigenvalue weighted by molar-refractivity contribution is -0.203. The molecule has 0 unspecified atom stereocenters. The van der Waals surface area contributed by atoms with Crippen LogP contribution in [0.25, 0.3) is 0 Å². The van der Waals surface area contributed by atoms with Crippen LogP contribution in [0.2, 0.25) is 0 Å². The Morgan fingerprint density at radius 2 is 1.75 bits per heavy atom. The van der Waals surface area contributed by atoms with E-state index in [9.17, 15) is 29.4 Å². The molecule has 9 heteroatoms. The van der Waals surface area contributed by atoms with Crippen molar-refractivity contribution in [3.05, 3.63) is 0 Å². The zero-order valence-electron chi connectivity index (χ0n) is 16.2. The number of hydrogen-bond acceptors (Lipinski definition) is 8. The van der Waals surface area contributed by atoms with Gasteiger partial charge in [-0.2, -0.15) is 0 Å². The molecule has 2 saturated carbocycles. The number of hydrogen-bond donors (Lipinski definition) is 3. The summed E-state index contributed by atoms with van der Waals surface area (Å²) in [4.78, 5) is 49.8. The van der Waals surface area contributed by atoms with Crippen LogP contribution >= 0.6 is 0 Å². The van der Waals surface area contributed by atoms with Crippen molar-refractivity contribution in [2.45, 2.75) is 63.9 Å². The van der Waals surface area contributed by atoms with Gasteiger partial charge in [0.25, 0.3) is 5.91 Å². The molecule has 1 spiro atoms. The fraction of sp³-hybridized carbons (Fsp3) is 0.789. The zero-order chi connectivity index (χ0) is 21.0. The second kappa shape index (κ2) is 5.13. The second-order valence-electron chi connectivity index (χ2n) is 9.74. The van der Waals surface area contributed by atoms with Crippen LogP contribution in [0.4, 0.5) is 0 Å². The number of rotatable bonds is 2. The van der Waals surface area contributed by atoms with Gasteiger partial charge in [0.1, 0.15) is 12.2 Å². The fourth-order valence-corrected chi connectivity index (χ4v) is 6.36. The van der Waals surface area contributed by atoms with Gasteiger partial charge < -0.3 is 25.4 Å². The van der Waals surface area contributed by atoms with Crippen molar-refractivity contribution in [2.75, 3.05) is 0 Å². The Labute approximate surface area is 161 Å². The lowest BCUT2D eigenvalue weighted by atomic mass is 9.58. The minimum Gasteiger partial charge on any atom is -0.459 e. The first kappa shape index (κ1) is 19.3. The van der Waals surface area contributed by atoms with Gasteiger partial charge in [-0.1, -0.05) is 20.8 Å². The van der Waals surface area contributed by atoms with Crippen molar-refractivity contribution < 1.29 is 38.9 Å². The molecule has 0 radical (unpaired) electrons. The largest absolute Gasteiger partial charge is 0.459 e. The first-order valence-electron chi connectivity index (χ1n) is 9.44. The Morgan fingerprint density at radius 3 is 2.29 bits per heavy atom. The molecule has 4 aliphatic rings. The van der Waals surface area contributed by atoms with E-state index in [4.69, 9.17) is 15.2 Å². The first-order chi connectivity index (χ1) is 12.7. The van der Waals surface area contributed by atoms with Crippen LogP contribution in [0.15, 0.2) is 0 Å². The number of carbonyl (C=O) groups excluding carboxylic acids is 4. The molecule has 154 valence electrons. The summed E-state index contributed by atoms with van der Waals surface area (Å²) in [5, 5.41) is 23.1. The maximum absolute atomic E-state index is 13.0. The lowest BCUT2D eigenvalue weighted by Crippen LogP contribution is -2.67. The van der Waals surface area contributed by atoms with Crippen molar-refractivity contribution in [3.63, 3.8) is 0 Å². The maximum atomic E-state index is 13.0. The summed E-state index contributed by atoms with van der Waals surface area (Å²) in [6.07, 6.45) is -2.02. The van der Waals surface area contributed by atoms with Gasteiger partial charge in [-0.25, -0.2) is 4.79 Å². The molecule has 0 aromatic carbocycles. The SMILES string of the molecule is C[C@@H]1C(=O)O[C@H]2C[C@@]34[C@@H](C[C@@H](C(C)(C)C)[C@@H]3C(=O)C(N)=O)OC(=O)[C@]4(O)[C@]21O. The minimum absolute atomic E-state index is 0.164. The number of Topliss-reactive ketones (excluding diaryl/α,β-unsaturated/α-hetero) is 1. The Hall–Kier alpha value is -2.00. The third-order valence-corrected chi connectivity index (χ3v) is 7.72. The number of esters is 2. The third-order valence-electron chi connectivity index (χ3n) is 7.72. The Bertz CT molecular complexity index is 817. The fourth-order valence-electron chi connectivity index (χ4n) is 6.36. The molecule has 0 aromatic rings. The highest BCUT2D eigenvalue weighted by atomic mass is 16.6. The van der Waals surface area contributed by atoms with Gasteiger partial charge in [0.2, 0.25) is 11.4 Å². The predicted octanol–water partition coefficient (Wildman–Crippen LogP) is -0.938. The van der Waals surface area contributed by atoms with Crippen LogP contribution in [0.1, 0.15) is 40.5 Å². The average Bonchev–Trinajstić information content (AvgIpc) is 3.15. The lowest BCUT2D eigenvalue weighted by Gasteiger charge is -2.44. The number of carbonyl (C=O) groups is 4. The Kier molecular flexibility index (Phi) is 3.54. The van der Waals surface area contributed by atoms with Crippen molar-refractivity contribution >= 4 is 23.6 Å². The summed E-state index contributed by atoms with van der Waals surface area (Å²) in [6, 6.07) is 0. The molecule has 4 N–H and O–H groups in total. The number of nitrogens with two attached hydrogens (primary N) is 1. The zero-order valence-corrected chi connectivity index (χ0v) is 16.2. The predicted molar refractivity (Wildman–Crippen MR) is 91.1 cm³/mol. The quantitative estimate of drug-likeness (QED) is 0.400. The average molecular weight is 395 g/mol. The monoisotopic (exact) mass is 395 g/mol. The summed E-state index contributed by atoms with van der Waals surface area (Å²) in [6.45, 7) is 7.00. The molecule has 0 bridgehead atoms. The van der Waals surface area contributed by atoms with E-state index >= 15 is 0 Å². The number of ketones is 1. The summed E-state index contributed by atoms with van der Waals surface area (Å²) < 4.78 is 10.7. The molecule has 28 heavy (non-hydrogen) atoms. The molecule has 9 nitrogen and oxygen atoms in total. The number of aliphatic hydroxyl groups is 2. The first-order valence-corrected chi connectivity index (χ1v) is 9.44. The van der Waals surface area contributed by atoms with E-state index in [0.29, 0.717) is 0 Å². The van der Waals surface area contributed by atoms with Crippen LogP contribution in [0.5, 0.6) is 0 Å². The van der Waals surface area contributed by atoms with Crippen LogP contribution in [-0.4, -0.2) is 57.3 Å².